The van der Waals surface area contributed by atoms with Gasteiger partial charge in [-0.15, -0.1) is 24.0 Å². The molecule has 2 aliphatic heterocycles. The van der Waals surface area contributed by atoms with Crippen LogP contribution in [0.25, 0.3) is 0 Å². The van der Waals surface area contributed by atoms with Gasteiger partial charge in [-0.1, -0.05) is 6.42 Å². The first-order valence-electron chi connectivity index (χ1n) is 8.77. The molecule has 1 aromatic heterocycles. The molecule has 2 saturated heterocycles. The van der Waals surface area contributed by atoms with E-state index in [1.165, 1.54) is 45.3 Å². The van der Waals surface area contributed by atoms with E-state index in [9.17, 15) is 0 Å². The number of aryl methyl sites for hydroxylation is 1. The maximum atomic E-state index is 4.44. The van der Waals surface area contributed by atoms with Gasteiger partial charge in [-0.25, -0.2) is 4.98 Å². The van der Waals surface area contributed by atoms with Gasteiger partial charge >= 0.3 is 0 Å². The van der Waals surface area contributed by atoms with Crippen LogP contribution in [0.1, 0.15) is 31.5 Å². The van der Waals surface area contributed by atoms with Gasteiger partial charge in [0.05, 0.1) is 6.54 Å². The second-order valence-corrected chi connectivity index (χ2v) is 6.66. The summed E-state index contributed by atoms with van der Waals surface area (Å²) in [6.07, 6.45) is 7.01. The zero-order chi connectivity index (χ0) is 16.1. The molecule has 3 rings (SSSR count). The minimum absolute atomic E-state index is 0. The molecule has 0 bridgehead atoms. The van der Waals surface area contributed by atoms with Crippen molar-refractivity contribution in [1.29, 1.82) is 0 Å². The highest BCUT2D eigenvalue weighted by Gasteiger charge is 2.27. The Kier molecular flexibility index (Phi) is 7.73. The monoisotopic (exact) mass is 447 g/mol. The lowest BCUT2D eigenvalue weighted by Crippen LogP contribution is -2.41. The molecule has 0 spiro atoms. The Morgan fingerprint density at radius 1 is 1.29 bits per heavy atom. The van der Waals surface area contributed by atoms with E-state index >= 15 is 0 Å². The molecule has 2 aliphatic rings. The Morgan fingerprint density at radius 2 is 2.08 bits per heavy atom. The van der Waals surface area contributed by atoms with Crippen molar-refractivity contribution in [3.05, 3.63) is 12.2 Å². The van der Waals surface area contributed by atoms with E-state index in [-0.39, 0.29) is 24.0 Å². The first kappa shape index (κ1) is 19.4. The lowest BCUT2D eigenvalue weighted by molar-refractivity contribution is 0.198. The normalized spacial score (nSPS) is 22.5. The zero-order valence-electron chi connectivity index (χ0n) is 14.8. The van der Waals surface area contributed by atoms with Crippen LogP contribution in [0.4, 0.5) is 0 Å². The topological polar surface area (TPSA) is 61.6 Å². The van der Waals surface area contributed by atoms with Crippen LogP contribution in [0, 0.1) is 5.92 Å². The summed E-state index contributed by atoms with van der Waals surface area (Å²) < 4.78 is 1.80. The van der Waals surface area contributed by atoms with Crippen LogP contribution < -0.4 is 5.32 Å². The summed E-state index contributed by atoms with van der Waals surface area (Å²) in [6, 6.07) is 0. The van der Waals surface area contributed by atoms with Crippen molar-refractivity contribution in [3.8, 4) is 0 Å². The second kappa shape index (κ2) is 9.55. The molecule has 1 unspecified atom stereocenters. The minimum atomic E-state index is 0. The second-order valence-electron chi connectivity index (χ2n) is 6.66. The highest BCUT2D eigenvalue weighted by atomic mass is 127. The van der Waals surface area contributed by atoms with Crippen molar-refractivity contribution in [3.63, 3.8) is 0 Å². The van der Waals surface area contributed by atoms with Gasteiger partial charge in [0.2, 0.25) is 0 Å². The SMILES string of the molecule is CN=C(NCc1ncnn1C)N1CCC(CN2CCCCC2)C1.I. The highest BCUT2D eigenvalue weighted by molar-refractivity contribution is 14.0. The third-order valence-corrected chi connectivity index (χ3v) is 4.97. The standard InChI is InChI=1S/C16H29N7.HI/c1-17-16(18-10-15-19-13-20-21(15)2)23-9-6-14(12-23)11-22-7-4-3-5-8-22;/h13-14H,3-12H2,1-2H3,(H,17,18);1H. The van der Waals surface area contributed by atoms with Gasteiger partial charge in [0.15, 0.2) is 5.96 Å². The first-order chi connectivity index (χ1) is 11.3. The Hall–Kier alpha value is -0.900. The van der Waals surface area contributed by atoms with Crippen molar-refractivity contribution < 1.29 is 0 Å². The van der Waals surface area contributed by atoms with E-state index < -0.39 is 0 Å². The number of piperidine rings is 1. The number of aliphatic imine (C=N–C) groups is 1. The molecular weight excluding hydrogens is 417 g/mol. The predicted molar refractivity (Wildman–Crippen MR) is 107 cm³/mol. The fourth-order valence-electron chi connectivity index (χ4n) is 3.65. The summed E-state index contributed by atoms with van der Waals surface area (Å²) in [5, 5.41) is 7.52. The molecule has 8 heteroatoms. The van der Waals surface area contributed by atoms with Gasteiger partial charge in [-0.3, -0.25) is 9.67 Å². The van der Waals surface area contributed by atoms with E-state index in [1.54, 1.807) is 11.0 Å². The number of likely N-dealkylation sites (tertiary alicyclic amines) is 2. The van der Waals surface area contributed by atoms with Crippen LogP contribution >= 0.6 is 24.0 Å². The van der Waals surface area contributed by atoms with Gasteiger partial charge in [-0.2, -0.15) is 5.10 Å². The van der Waals surface area contributed by atoms with Crippen molar-refractivity contribution in [1.82, 2.24) is 29.9 Å². The third kappa shape index (κ3) is 5.05. The molecule has 0 amide bonds. The molecule has 136 valence electrons. The lowest BCUT2D eigenvalue weighted by Gasteiger charge is -2.29. The van der Waals surface area contributed by atoms with E-state index in [0.29, 0.717) is 6.54 Å². The van der Waals surface area contributed by atoms with Gasteiger partial charge in [0.1, 0.15) is 12.2 Å². The number of hydrogen-bond donors (Lipinski definition) is 1. The largest absolute Gasteiger partial charge is 0.349 e. The summed E-state index contributed by atoms with van der Waals surface area (Å²) in [6.45, 7) is 6.69. The molecule has 0 radical (unpaired) electrons. The molecule has 24 heavy (non-hydrogen) atoms. The van der Waals surface area contributed by atoms with Gasteiger partial charge in [-0.05, 0) is 38.3 Å². The molecule has 3 heterocycles. The van der Waals surface area contributed by atoms with Crippen molar-refractivity contribution in [2.75, 3.05) is 39.8 Å². The van der Waals surface area contributed by atoms with Gasteiger partial charge in [0.25, 0.3) is 0 Å². The van der Waals surface area contributed by atoms with Crippen LogP contribution in [0.15, 0.2) is 11.3 Å². The molecule has 1 aromatic rings. The zero-order valence-corrected chi connectivity index (χ0v) is 17.1. The van der Waals surface area contributed by atoms with E-state index in [1.807, 2.05) is 14.1 Å². The maximum Gasteiger partial charge on any atom is 0.194 e. The number of halogens is 1. The Labute approximate surface area is 161 Å². The van der Waals surface area contributed by atoms with Crippen LogP contribution in [0.2, 0.25) is 0 Å². The summed E-state index contributed by atoms with van der Waals surface area (Å²) in [5.74, 6) is 2.67. The smallest absolute Gasteiger partial charge is 0.194 e. The number of rotatable bonds is 4. The third-order valence-electron chi connectivity index (χ3n) is 4.97. The summed E-state index contributed by atoms with van der Waals surface area (Å²) in [4.78, 5) is 13.7. The summed E-state index contributed by atoms with van der Waals surface area (Å²) in [7, 11) is 3.77. The van der Waals surface area contributed by atoms with Crippen LogP contribution in [-0.2, 0) is 13.6 Å². The Bertz CT molecular complexity index is 524. The predicted octanol–water partition coefficient (Wildman–Crippen LogP) is 1.32. The lowest BCUT2D eigenvalue weighted by atomic mass is 10.1. The Balaban J connectivity index is 0.00000208. The van der Waals surface area contributed by atoms with E-state index in [2.05, 4.69) is 30.2 Å². The molecular formula is C16H30IN7. The van der Waals surface area contributed by atoms with Crippen LogP contribution in [0.3, 0.4) is 0 Å². The van der Waals surface area contributed by atoms with Gasteiger partial charge < -0.3 is 15.1 Å². The van der Waals surface area contributed by atoms with E-state index in [4.69, 9.17) is 0 Å². The average Bonchev–Trinajstić information content (AvgIpc) is 3.19. The van der Waals surface area contributed by atoms with Crippen LogP contribution in [-0.4, -0.2) is 70.3 Å². The molecule has 0 aliphatic carbocycles. The molecule has 0 saturated carbocycles. The number of nitrogens with one attached hydrogen (secondary N) is 1. The van der Waals surface area contributed by atoms with E-state index in [0.717, 1.165) is 30.8 Å². The van der Waals surface area contributed by atoms with Crippen LogP contribution in [0.5, 0.6) is 0 Å². The fraction of sp³-hybridized carbons (Fsp3) is 0.812. The number of nitrogens with zero attached hydrogens (tertiary/aromatic N) is 6. The molecule has 0 aromatic carbocycles. The first-order valence-corrected chi connectivity index (χ1v) is 8.77. The van der Waals surface area contributed by atoms with Crippen molar-refractivity contribution in [2.45, 2.75) is 32.2 Å². The molecule has 7 nitrogen and oxygen atoms in total. The van der Waals surface area contributed by atoms with Gasteiger partial charge in [0, 0.05) is 33.7 Å². The molecule has 2 fully saturated rings. The number of aromatic nitrogens is 3. The Morgan fingerprint density at radius 3 is 2.75 bits per heavy atom. The summed E-state index contributed by atoms with van der Waals surface area (Å²) >= 11 is 0. The maximum absolute atomic E-state index is 4.44. The van der Waals surface area contributed by atoms with Crippen molar-refractivity contribution >= 4 is 29.9 Å². The number of guanidine groups is 1. The number of hydrogen-bond acceptors (Lipinski definition) is 4. The summed E-state index contributed by atoms with van der Waals surface area (Å²) in [5.41, 5.74) is 0. The van der Waals surface area contributed by atoms with Crippen molar-refractivity contribution in [2.24, 2.45) is 18.0 Å². The highest BCUT2D eigenvalue weighted by Crippen LogP contribution is 2.19. The molecule has 1 N–H and O–H groups in total. The fourth-order valence-corrected chi connectivity index (χ4v) is 3.65. The quantitative estimate of drug-likeness (QED) is 0.429. The average molecular weight is 447 g/mol. The molecule has 1 atom stereocenters. The minimum Gasteiger partial charge on any atom is -0.349 e.